The van der Waals surface area contributed by atoms with E-state index in [0.29, 0.717) is 24.7 Å². The molecular weight excluding hydrogens is 298 g/mol. The number of ether oxygens (including phenoxy) is 1. The van der Waals surface area contributed by atoms with Gasteiger partial charge in [-0.05, 0) is 31.2 Å². The maximum atomic E-state index is 12.4. The van der Waals surface area contributed by atoms with E-state index < -0.39 is 0 Å². The fraction of sp³-hybridized carbons (Fsp3) is 0.438. The third kappa shape index (κ3) is 3.82. The Morgan fingerprint density at radius 1 is 1.50 bits per heavy atom. The lowest BCUT2D eigenvalue weighted by Crippen LogP contribution is -2.45. The Kier molecular flexibility index (Phi) is 4.68. The molecule has 1 atom stereocenters. The summed E-state index contributed by atoms with van der Waals surface area (Å²) in [6.45, 7) is 3.28. The fourth-order valence-corrected chi connectivity index (χ4v) is 3.30. The van der Waals surface area contributed by atoms with Crippen molar-refractivity contribution in [1.82, 2.24) is 14.9 Å². The number of rotatable bonds is 4. The second-order valence-corrected chi connectivity index (χ2v) is 6.45. The van der Waals surface area contributed by atoms with Crippen molar-refractivity contribution in [3.05, 3.63) is 40.5 Å². The average Bonchev–Trinajstić information content (AvgIpc) is 3.00. The van der Waals surface area contributed by atoms with Gasteiger partial charge in [0, 0.05) is 23.7 Å². The molecule has 1 fully saturated rings. The fourth-order valence-electron chi connectivity index (χ4n) is 2.61. The zero-order chi connectivity index (χ0) is 15.4. The molecule has 0 aliphatic carbocycles. The Labute approximate surface area is 134 Å². The van der Waals surface area contributed by atoms with E-state index in [4.69, 9.17) is 4.74 Å². The highest BCUT2D eigenvalue weighted by Gasteiger charge is 2.25. The number of aryl methyl sites for hydroxylation is 1. The van der Waals surface area contributed by atoms with E-state index in [1.807, 2.05) is 29.3 Å². The summed E-state index contributed by atoms with van der Waals surface area (Å²) in [5, 5.41) is 2.00. The van der Waals surface area contributed by atoms with Crippen molar-refractivity contribution in [3.8, 4) is 5.88 Å². The number of piperidine rings is 1. The minimum Gasteiger partial charge on any atom is -0.472 e. The summed E-state index contributed by atoms with van der Waals surface area (Å²) in [5.74, 6) is 1.46. The molecule has 2 aromatic rings. The van der Waals surface area contributed by atoms with Crippen molar-refractivity contribution in [1.29, 1.82) is 0 Å². The molecule has 1 aliphatic heterocycles. The van der Waals surface area contributed by atoms with Crippen LogP contribution in [0.2, 0.25) is 0 Å². The highest BCUT2D eigenvalue weighted by Crippen LogP contribution is 2.18. The van der Waals surface area contributed by atoms with Crippen LogP contribution in [0.15, 0.2) is 29.8 Å². The average molecular weight is 317 g/mol. The largest absolute Gasteiger partial charge is 0.472 e. The predicted octanol–water partition coefficient (Wildman–Crippen LogP) is 2.46. The summed E-state index contributed by atoms with van der Waals surface area (Å²) in [6.07, 6.45) is 4.10. The van der Waals surface area contributed by atoms with Gasteiger partial charge < -0.3 is 9.64 Å². The van der Waals surface area contributed by atoms with E-state index in [-0.39, 0.29) is 12.0 Å². The van der Waals surface area contributed by atoms with Crippen LogP contribution in [0.4, 0.5) is 0 Å². The lowest BCUT2D eigenvalue weighted by Gasteiger charge is -2.32. The van der Waals surface area contributed by atoms with Gasteiger partial charge in [-0.25, -0.2) is 4.98 Å². The van der Waals surface area contributed by atoms with Gasteiger partial charge in [-0.1, -0.05) is 6.07 Å². The minimum atomic E-state index is 0.00957. The molecule has 5 nitrogen and oxygen atoms in total. The molecular formula is C16H19N3O2S. The molecule has 1 amide bonds. The Morgan fingerprint density at radius 2 is 2.41 bits per heavy atom. The Balaban J connectivity index is 1.58. The summed E-state index contributed by atoms with van der Waals surface area (Å²) in [7, 11) is 0. The lowest BCUT2D eigenvalue weighted by atomic mass is 10.1. The second-order valence-electron chi connectivity index (χ2n) is 5.42. The van der Waals surface area contributed by atoms with Crippen LogP contribution in [-0.2, 0) is 11.2 Å². The van der Waals surface area contributed by atoms with Gasteiger partial charge in [-0.3, -0.25) is 4.79 Å². The zero-order valence-corrected chi connectivity index (χ0v) is 13.4. The van der Waals surface area contributed by atoms with Crippen LogP contribution in [0.25, 0.3) is 0 Å². The molecule has 0 radical (unpaired) electrons. The summed E-state index contributed by atoms with van der Waals surface area (Å²) >= 11 is 1.62. The number of amides is 1. The van der Waals surface area contributed by atoms with Gasteiger partial charge in [-0.2, -0.15) is 4.98 Å². The van der Waals surface area contributed by atoms with E-state index in [9.17, 15) is 4.79 Å². The smallest absolute Gasteiger partial charge is 0.227 e. The van der Waals surface area contributed by atoms with Gasteiger partial charge in [0.1, 0.15) is 11.9 Å². The van der Waals surface area contributed by atoms with Crippen LogP contribution in [0.1, 0.15) is 23.5 Å². The molecule has 6 heteroatoms. The number of hydrogen-bond acceptors (Lipinski definition) is 5. The normalized spacial score (nSPS) is 18.2. The van der Waals surface area contributed by atoms with Crippen molar-refractivity contribution in [2.45, 2.75) is 32.3 Å². The van der Waals surface area contributed by atoms with Crippen LogP contribution in [0.5, 0.6) is 5.88 Å². The van der Waals surface area contributed by atoms with Crippen LogP contribution in [0.3, 0.4) is 0 Å². The number of carbonyl (C=O) groups is 1. The van der Waals surface area contributed by atoms with E-state index in [1.165, 1.54) is 0 Å². The topological polar surface area (TPSA) is 55.3 Å². The van der Waals surface area contributed by atoms with Crippen molar-refractivity contribution >= 4 is 17.2 Å². The summed E-state index contributed by atoms with van der Waals surface area (Å²) in [4.78, 5) is 23.7. The Hall–Kier alpha value is -1.95. The first-order valence-electron chi connectivity index (χ1n) is 7.47. The molecule has 0 saturated carbocycles. The Morgan fingerprint density at radius 3 is 3.18 bits per heavy atom. The molecule has 3 heterocycles. The van der Waals surface area contributed by atoms with Crippen molar-refractivity contribution < 1.29 is 9.53 Å². The van der Waals surface area contributed by atoms with Gasteiger partial charge in [0.05, 0.1) is 13.0 Å². The molecule has 0 aromatic carbocycles. The molecule has 0 spiro atoms. The summed E-state index contributed by atoms with van der Waals surface area (Å²) < 4.78 is 5.91. The van der Waals surface area contributed by atoms with Gasteiger partial charge in [0.2, 0.25) is 11.8 Å². The number of nitrogens with zero attached hydrogens (tertiary/aromatic N) is 3. The highest BCUT2D eigenvalue weighted by atomic mass is 32.1. The molecule has 116 valence electrons. The molecule has 0 N–H and O–H groups in total. The number of likely N-dealkylation sites (tertiary alicyclic amines) is 1. The lowest BCUT2D eigenvalue weighted by molar-refractivity contribution is -0.133. The number of carbonyl (C=O) groups excluding carboxylic acids is 1. The zero-order valence-electron chi connectivity index (χ0n) is 12.6. The van der Waals surface area contributed by atoms with Gasteiger partial charge in [-0.15, -0.1) is 11.3 Å². The highest BCUT2D eigenvalue weighted by molar-refractivity contribution is 7.10. The SMILES string of the molecule is Cc1nccc(O[C@@H]2CCCN(C(=O)Cc3cccs3)C2)n1. The number of thiophene rings is 1. The quantitative estimate of drug-likeness (QED) is 0.869. The molecule has 1 saturated heterocycles. The van der Waals surface area contributed by atoms with Crippen molar-refractivity contribution in [3.63, 3.8) is 0 Å². The molecule has 0 bridgehead atoms. The summed E-state index contributed by atoms with van der Waals surface area (Å²) in [6, 6.07) is 5.75. The van der Waals surface area contributed by atoms with E-state index >= 15 is 0 Å². The standard InChI is InChI=1S/C16H19N3O2S/c1-12-17-7-6-15(18-12)21-13-4-2-8-19(11-13)16(20)10-14-5-3-9-22-14/h3,5-7,9,13H,2,4,8,10-11H2,1H3/t13-/m1/s1. The third-order valence-corrected chi connectivity index (χ3v) is 4.55. The first-order chi connectivity index (χ1) is 10.7. The van der Waals surface area contributed by atoms with Crippen LogP contribution in [-0.4, -0.2) is 40.0 Å². The molecule has 1 aliphatic rings. The van der Waals surface area contributed by atoms with Crippen molar-refractivity contribution in [2.24, 2.45) is 0 Å². The van der Waals surface area contributed by atoms with Gasteiger partial charge in [0.25, 0.3) is 0 Å². The first kappa shape index (κ1) is 15.0. The van der Waals surface area contributed by atoms with Crippen LogP contribution >= 0.6 is 11.3 Å². The first-order valence-corrected chi connectivity index (χ1v) is 8.35. The van der Waals surface area contributed by atoms with Crippen LogP contribution in [0, 0.1) is 6.92 Å². The maximum Gasteiger partial charge on any atom is 0.227 e. The molecule has 0 unspecified atom stereocenters. The number of hydrogen-bond donors (Lipinski definition) is 0. The van der Waals surface area contributed by atoms with E-state index in [0.717, 1.165) is 24.3 Å². The van der Waals surface area contributed by atoms with Gasteiger partial charge >= 0.3 is 0 Å². The second kappa shape index (κ2) is 6.87. The van der Waals surface area contributed by atoms with Gasteiger partial charge in [0.15, 0.2) is 0 Å². The monoisotopic (exact) mass is 317 g/mol. The van der Waals surface area contributed by atoms with Crippen molar-refractivity contribution in [2.75, 3.05) is 13.1 Å². The minimum absolute atomic E-state index is 0.00957. The van der Waals surface area contributed by atoms with E-state index in [2.05, 4.69) is 9.97 Å². The number of aromatic nitrogens is 2. The Bertz CT molecular complexity index is 630. The van der Waals surface area contributed by atoms with E-state index in [1.54, 1.807) is 23.6 Å². The third-order valence-electron chi connectivity index (χ3n) is 3.67. The molecule has 22 heavy (non-hydrogen) atoms. The predicted molar refractivity (Wildman–Crippen MR) is 85.0 cm³/mol. The van der Waals surface area contributed by atoms with Crippen LogP contribution < -0.4 is 4.74 Å². The molecule has 3 rings (SSSR count). The maximum absolute atomic E-state index is 12.4. The molecule has 2 aromatic heterocycles. The summed E-state index contributed by atoms with van der Waals surface area (Å²) in [5.41, 5.74) is 0.